The topological polar surface area (TPSA) is 42.5 Å². The van der Waals surface area contributed by atoms with Gasteiger partial charge in [-0.25, -0.2) is 0 Å². The summed E-state index contributed by atoms with van der Waals surface area (Å²) < 4.78 is 2.70. The third kappa shape index (κ3) is 1.82. The van der Waals surface area contributed by atoms with Crippen LogP contribution in [0, 0.1) is 0 Å². The Morgan fingerprint density at radius 2 is 2.33 bits per heavy atom. The number of nitrogens with zero attached hydrogens (tertiary/aromatic N) is 5. The summed E-state index contributed by atoms with van der Waals surface area (Å²) in [4.78, 5) is 8.94. The maximum absolute atomic E-state index is 6.67. The van der Waals surface area contributed by atoms with Crippen molar-refractivity contribution in [3.05, 3.63) is 41.2 Å². The molecule has 0 bridgehead atoms. The number of halogens is 2. The number of quaternary nitrogens is 1. The molecule has 5 nitrogen and oxygen atoms in total. The van der Waals surface area contributed by atoms with Gasteiger partial charge in [-0.1, -0.05) is 0 Å². The molecule has 1 aliphatic carbocycles. The molecule has 3 heterocycles. The van der Waals surface area contributed by atoms with Gasteiger partial charge in [0.1, 0.15) is 11.9 Å². The summed E-state index contributed by atoms with van der Waals surface area (Å²) in [5, 5.41) is 4.41. The first kappa shape index (κ1) is 13.4. The van der Waals surface area contributed by atoms with E-state index in [4.69, 9.17) is 16.8 Å². The van der Waals surface area contributed by atoms with Gasteiger partial charge in [0.15, 0.2) is 11.8 Å². The van der Waals surface area contributed by atoms with Gasteiger partial charge in [0.05, 0.1) is 18.6 Å². The third-order valence-corrected chi connectivity index (χ3v) is 5.75. The average Bonchev–Trinajstić information content (AvgIpc) is 2.99. The van der Waals surface area contributed by atoms with Gasteiger partial charge in [-0.3, -0.25) is 9.67 Å². The minimum absolute atomic E-state index is 0.0466. The first-order valence-electron chi connectivity index (χ1n) is 6.91. The number of hydrogen-bond donors (Lipinski definition) is 0. The number of aromatic nitrogens is 2. The van der Waals surface area contributed by atoms with Crippen molar-refractivity contribution in [3.8, 4) is 0 Å². The second-order valence-corrected chi connectivity index (χ2v) is 6.72. The lowest BCUT2D eigenvalue weighted by Gasteiger charge is -2.24. The molecule has 4 rings (SSSR count). The predicted molar refractivity (Wildman–Crippen MR) is 86.0 cm³/mol. The van der Waals surface area contributed by atoms with Gasteiger partial charge >= 0.3 is 0 Å². The van der Waals surface area contributed by atoms with Crippen LogP contribution in [0.25, 0.3) is 0 Å². The van der Waals surface area contributed by atoms with Crippen LogP contribution in [0.1, 0.15) is 30.0 Å². The fourth-order valence-electron chi connectivity index (χ4n) is 3.28. The van der Waals surface area contributed by atoms with Gasteiger partial charge in [0, 0.05) is 40.2 Å². The van der Waals surface area contributed by atoms with Crippen molar-refractivity contribution >= 4 is 38.7 Å². The van der Waals surface area contributed by atoms with E-state index in [0.717, 1.165) is 30.7 Å². The molecule has 0 fully saturated rings. The lowest BCUT2D eigenvalue weighted by molar-refractivity contribution is -0.595. The van der Waals surface area contributed by atoms with E-state index in [9.17, 15) is 0 Å². The Kier molecular flexibility index (Phi) is 2.96. The van der Waals surface area contributed by atoms with E-state index in [-0.39, 0.29) is 9.92 Å². The molecule has 0 spiro atoms. The molecule has 2 atom stereocenters. The standard InChI is InChI=1S/C14H14BrClN5/c1-20-11-4-2-3-9(10(11)7-18-20)13-12-8-17-5-6-21(12,16)14(15)19-13/h5-9H,2-4H2,1H3/q+1. The fourth-order valence-corrected chi connectivity index (χ4v) is 4.00. The number of rotatable bonds is 1. The highest BCUT2D eigenvalue weighted by Crippen LogP contribution is 2.45. The van der Waals surface area contributed by atoms with Crippen LogP contribution in [0.3, 0.4) is 0 Å². The number of hydrogen-bond acceptors (Lipinski definition) is 3. The molecule has 108 valence electrons. The van der Waals surface area contributed by atoms with Crippen molar-refractivity contribution in [2.24, 2.45) is 17.0 Å². The highest BCUT2D eigenvalue weighted by Gasteiger charge is 2.46. The first-order chi connectivity index (χ1) is 10.1. The second kappa shape index (κ2) is 4.63. The van der Waals surface area contributed by atoms with Crippen molar-refractivity contribution in [2.45, 2.75) is 25.2 Å². The summed E-state index contributed by atoms with van der Waals surface area (Å²) in [7, 11) is 2.00. The normalized spacial score (nSPS) is 30.4. The molecule has 0 amide bonds. The molecular formula is C14H14BrClN5+. The van der Waals surface area contributed by atoms with E-state index in [2.05, 4.69) is 26.0 Å². The zero-order valence-electron chi connectivity index (χ0n) is 11.5. The number of aryl methyl sites for hydroxylation is 1. The highest BCUT2D eigenvalue weighted by atomic mass is 79.9. The predicted octanol–water partition coefficient (Wildman–Crippen LogP) is 3.34. The number of allylic oxidation sites excluding steroid dienone is 2. The molecule has 1 aromatic heterocycles. The van der Waals surface area contributed by atoms with Crippen LogP contribution in [0.2, 0.25) is 0 Å². The van der Waals surface area contributed by atoms with Crippen molar-refractivity contribution < 1.29 is 4.00 Å². The molecule has 0 N–H and O–H groups in total. The van der Waals surface area contributed by atoms with Gasteiger partial charge in [0.25, 0.3) is 4.74 Å². The molecule has 2 aliphatic heterocycles. The van der Waals surface area contributed by atoms with Gasteiger partial charge in [-0.05, 0) is 19.3 Å². The Bertz CT molecular complexity index is 745. The summed E-state index contributed by atoms with van der Waals surface area (Å²) in [5.41, 5.74) is 4.49. The van der Waals surface area contributed by atoms with Crippen molar-refractivity contribution in [2.75, 3.05) is 0 Å². The summed E-state index contributed by atoms with van der Waals surface area (Å²) in [6, 6.07) is 0. The van der Waals surface area contributed by atoms with E-state index >= 15 is 0 Å². The fraction of sp³-hybridized carbons (Fsp3) is 0.357. The molecule has 7 heteroatoms. The zero-order valence-corrected chi connectivity index (χ0v) is 13.8. The lowest BCUT2D eigenvalue weighted by atomic mass is 9.84. The molecule has 2 unspecified atom stereocenters. The van der Waals surface area contributed by atoms with Crippen LogP contribution in [0.15, 0.2) is 40.0 Å². The summed E-state index contributed by atoms with van der Waals surface area (Å²) >= 11 is 10.2. The molecule has 0 saturated carbocycles. The van der Waals surface area contributed by atoms with Gasteiger partial charge in [-0.15, -0.1) is 4.00 Å². The lowest BCUT2D eigenvalue weighted by Crippen LogP contribution is -2.34. The Morgan fingerprint density at radius 1 is 1.48 bits per heavy atom. The van der Waals surface area contributed by atoms with Crippen LogP contribution >= 0.6 is 27.7 Å². The Hall–Kier alpha value is -1.24. The average molecular weight is 368 g/mol. The third-order valence-electron chi connectivity index (χ3n) is 4.35. The van der Waals surface area contributed by atoms with E-state index in [0.29, 0.717) is 4.74 Å². The largest absolute Gasteiger partial charge is 0.299 e. The maximum Gasteiger partial charge on any atom is 0.299 e. The Morgan fingerprint density at radius 3 is 3.19 bits per heavy atom. The van der Waals surface area contributed by atoms with E-state index in [1.807, 2.05) is 30.3 Å². The number of amidine groups is 1. The zero-order chi connectivity index (χ0) is 14.6. The van der Waals surface area contributed by atoms with E-state index < -0.39 is 0 Å². The van der Waals surface area contributed by atoms with Crippen molar-refractivity contribution in [1.29, 1.82) is 0 Å². The number of aliphatic imine (C=N–C) groups is 2. The van der Waals surface area contributed by atoms with Crippen molar-refractivity contribution in [3.63, 3.8) is 0 Å². The van der Waals surface area contributed by atoms with Crippen LogP contribution in [0.4, 0.5) is 0 Å². The van der Waals surface area contributed by atoms with Crippen LogP contribution in [-0.2, 0) is 13.5 Å². The number of fused-ring (bicyclic) bond motifs is 2. The summed E-state index contributed by atoms with van der Waals surface area (Å²) in [6.45, 7) is 0. The monoisotopic (exact) mass is 366 g/mol. The molecule has 21 heavy (non-hydrogen) atoms. The summed E-state index contributed by atoms with van der Waals surface area (Å²) in [5.74, 6) is 0.238. The van der Waals surface area contributed by atoms with Crippen molar-refractivity contribution in [1.82, 2.24) is 9.78 Å². The summed E-state index contributed by atoms with van der Waals surface area (Å²) in [6.07, 6.45) is 10.6. The minimum Gasteiger partial charge on any atom is -0.272 e. The molecular weight excluding hydrogens is 354 g/mol. The van der Waals surface area contributed by atoms with Crippen LogP contribution < -0.4 is 0 Å². The maximum atomic E-state index is 6.67. The van der Waals surface area contributed by atoms with Gasteiger partial charge in [0.2, 0.25) is 5.70 Å². The minimum atomic E-state index is 0.0466. The molecule has 0 saturated heterocycles. The van der Waals surface area contributed by atoms with E-state index in [1.165, 1.54) is 11.3 Å². The first-order valence-corrected chi connectivity index (χ1v) is 8.04. The molecule has 1 aromatic rings. The molecule has 3 aliphatic rings. The van der Waals surface area contributed by atoms with Gasteiger partial charge in [-0.2, -0.15) is 10.1 Å². The smallest absolute Gasteiger partial charge is 0.272 e. The van der Waals surface area contributed by atoms with E-state index in [1.54, 1.807) is 6.20 Å². The Labute approximate surface area is 136 Å². The highest BCUT2D eigenvalue weighted by molar-refractivity contribution is 9.18. The quantitative estimate of drug-likeness (QED) is 0.554. The molecule has 0 radical (unpaired) electrons. The van der Waals surface area contributed by atoms with Crippen LogP contribution in [0.5, 0.6) is 0 Å². The van der Waals surface area contributed by atoms with Crippen LogP contribution in [-0.4, -0.2) is 24.7 Å². The Balaban J connectivity index is 1.87. The SMILES string of the molecule is Cn1ncc2c1CCCC2C1=C2C=NC=C[N+]2(Cl)C(Br)=N1. The van der Waals surface area contributed by atoms with Gasteiger partial charge < -0.3 is 0 Å². The second-order valence-electron chi connectivity index (χ2n) is 5.48. The molecule has 0 aromatic carbocycles.